The number of H-pyrrole nitrogens is 1. The molecule has 0 saturated heterocycles. The molecular formula is C12H10BrN5S. The molecule has 2 N–H and O–H groups in total. The van der Waals surface area contributed by atoms with Gasteiger partial charge in [0.15, 0.2) is 0 Å². The fourth-order valence-electron chi connectivity index (χ4n) is 1.64. The van der Waals surface area contributed by atoms with Crippen LogP contribution < -0.4 is 5.43 Å². The Hall–Kier alpha value is -1.73. The molecule has 0 radical (unpaired) electrons. The lowest BCUT2D eigenvalue weighted by molar-refractivity contribution is 1.10. The number of halogens is 1. The Morgan fingerprint density at radius 1 is 1.47 bits per heavy atom. The molecule has 0 fully saturated rings. The van der Waals surface area contributed by atoms with Crippen molar-refractivity contribution >= 4 is 49.5 Å². The average molecular weight is 336 g/mol. The van der Waals surface area contributed by atoms with Crippen LogP contribution in [0.3, 0.4) is 0 Å². The quantitative estimate of drug-likeness (QED) is 0.568. The van der Waals surface area contributed by atoms with Gasteiger partial charge in [-0.3, -0.25) is 10.5 Å². The summed E-state index contributed by atoms with van der Waals surface area (Å²) in [6.07, 6.45) is 1.76. The predicted octanol–water partition coefficient (Wildman–Crippen LogP) is 3.54. The van der Waals surface area contributed by atoms with E-state index in [9.17, 15) is 0 Å². The van der Waals surface area contributed by atoms with Gasteiger partial charge in [-0.2, -0.15) is 10.2 Å². The normalized spacial score (nSPS) is 11.5. The molecule has 7 heteroatoms. The summed E-state index contributed by atoms with van der Waals surface area (Å²) in [5.74, 6) is 0. The zero-order valence-corrected chi connectivity index (χ0v) is 12.4. The molecular weight excluding hydrogens is 326 g/mol. The van der Waals surface area contributed by atoms with Gasteiger partial charge in [-0.15, -0.1) is 11.3 Å². The van der Waals surface area contributed by atoms with Crippen molar-refractivity contribution in [3.8, 4) is 0 Å². The first-order chi connectivity index (χ1) is 9.22. The Bertz CT molecular complexity index is 746. The molecule has 0 spiro atoms. The van der Waals surface area contributed by atoms with Crippen molar-refractivity contribution in [3.05, 3.63) is 39.4 Å². The molecule has 0 unspecified atom stereocenters. The van der Waals surface area contributed by atoms with Crippen molar-refractivity contribution in [2.45, 2.75) is 6.92 Å². The highest BCUT2D eigenvalue weighted by Gasteiger charge is 2.02. The summed E-state index contributed by atoms with van der Waals surface area (Å²) in [5.41, 5.74) is 5.82. The van der Waals surface area contributed by atoms with E-state index in [-0.39, 0.29) is 0 Å². The third kappa shape index (κ3) is 2.66. The predicted molar refractivity (Wildman–Crippen MR) is 81.9 cm³/mol. The summed E-state index contributed by atoms with van der Waals surface area (Å²) in [5, 5.41) is 15.0. The Balaban J connectivity index is 1.78. The minimum absolute atomic E-state index is 0.791. The van der Waals surface area contributed by atoms with Gasteiger partial charge in [-0.1, -0.05) is 6.07 Å². The average Bonchev–Trinajstić information content (AvgIpc) is 2.97. The van der Waals surface area contributed by atoms with E-state index >= 15 is 0 Å². The van der Waals surface area contributed by atoms with E-state index in [1.807, 2.05) is 30.5 Å². The number of nitrogens with one attached hydrogen (secondary N) is 2. The summed E-state index contributed by atoms with van der Waals surface area (Å²) in [7, 11) is 0. The van der Waals surface area contributed by atoms with Gasteiger partial charge in [-0.05, 0) is 40.5 Å². The second-order valence-corrected chi connectivity index (χ2v) is 5.63. The van der Waals surface area contributed by atoms with Gasteiger partial charge in [0.1, 0.15) is 4.60 Å². The van der Waals surface area contributed by atoms with Gasteiger partial charge in [0.2, 0.25) is 5.13 Å². The third-order valence-electron chi connectivity index (χ3n) is 2.52. The van der Waals surface area contributed by atoms with Gasteiger partial charge in [0.25, 0.3) is 0 Å². The van der Waals surface area contributed by atoms with E-state index in [1.165, 1.54) is 11.3 Å². The topological polar surface area (TPSA) is 66.0 Å². The van der Waals surface area contributed by atoms with Crippen LogP contribution in [0.15, 0.2) is 33.3 Å². The Kier molecular flexibility index (Phi) is 3.31. The highest BCUT2D eigenvalue weighted by Crippen LogP contribution is 2.21. The number of aromatic amines is 1. The molecule has 0 aliphatic carbocycles. The molecule has 2 aromatic heterocycles. The highest BCUT2D eigenvalue weighted by atomic mass is 79.9. The highest BCUT2D eigenvalue weighted by molar-refractivity contribution is 9.10. The number of nitrogens with zero attached hydrogens (tertiary/aromatic N) is 3. The molecule has 2 heterocycles. The molecule has 0 bridgehead atoms. The van der Waals surface area contributed by atoms with Crippen molar-refractivity contribution in [1.29, 1.82) is 0 Å². The number of fused-ring (bicyclic) bond motifs is 1. The van der Waals surface area contributed by atoms with Crippen LogP contribution in [0.5, 0.6) is 0 Å². The summed E-state index contributed by atoms with van der Waals surface area (Å²) < 4.78 is 0.876. The molecule has 3 rings (SSSR count). The summed E-state index contributed by atoms with van der Waals surface area (Å²) >= 11 is 4.95. The number of anilines is 1. The summed E-state index contributed by atoms with van der Waals surface area (Å²) in [6, 6.07) is 5.93. The fraction of sp³-hybridized carbons (Fsp3) is 0.0833. The van der Waals surface area contributed by atoms with Gasteiger partial charge >= 0.3 is 0 Å². The molecule has 3 aromatic rings. The monoisotopic (exact) mass is 335 g/mol. The Labute approximate surface area is 121 Å². The van der Waals surface area contributed by atoms with Gasteiger partial charge < -0.3 is 0 Å². The molecule has 0 atom stereocenters. The van der Waals surface area contributed by atoms with Crippen LogP contribution in [0.2, 0.25) is 0 Å². The van der Waals surface area contributed by atoms with Crippen LogP contribution in [0.25, 0.3) is 10.9 Å². The lowest BCUT2D eigenvalue weighted by Crippen LogP contribution is -1.90. The SMILES string of the molecule is Cc1csc(NN=Cc2ccc3n[nH]c(Br)c3c2)n1. The summed E-state index contributed by atoms with van der Waals surface area (Å²) in [4.78, 5) is 4.27. The molecule has 1 aromatic carbocycles. The lowest BCUT2D eigenvalue weighted by atomic mass is 10.2. The number of hydrogen-bond donors (Lipinski definition) is 2. The first-order valence-corrected chi connectivity index (χ1v) is 7.24. The van der Waals surface area contributed by atoms with E-state index in [0.717, 1.165) is 31.9 Å². The Morgan fingerprint density at radius 3 is 3.16 bits per heavy atom. The maximum Gasteiger partial charge on any atom is 0.203 e. The number of aryl methyl sites for hydroxylation is 1. The van der Waals surface area contributed by atoms with E-state index in [0.29, 0.717) is 0 Å². The standard InChI is InChI=1S/C12H10BrN5S/c1-7-6-19-12(15-7)18-14-5-8-2-3-10-9(4-8)11(13)17-16-10/h2-6H,1H3,(H,15,18)(H,16,17). The zero-order valence-electron chi connectivity index (χ0n) is 10.0. The first-order valence-electron chi connectivity index (χ1n) is 5.57. The second kappa shape index (κ2) is 5.10. The minimum Gasteiger partial charge on any atom is -0.270 e. The van der Waals surface area contributed by atoms with Crippen LogP contribution in [-0.4, -0.2) is 21.4 Å². The van der Waals surface area contributed by atoms with Crippen molar-refractivity contribution < 1.29 is 0 Å². The largest absolute Gasteiger partial charge is 0.270 e. The van der Waals surface area contributed by atoms with Crippen molar-refractivity contribution in [1.82, 2.24) is 15.2 Å². The zero-order chi connectivity index (χ0) is 13.2. The molecule has 0 saturated carbocycles. The smallest absolute Gasteiger partial charge is 0.203 e. The molecule has 5 nitrogen and oxygen atoms in total. The molecule has 19 heavy (non-hydrogen) atoms. The minimum atomic E-state index is 0.791. The van der Waals surface area contributed by atoms with Gasteiger partial charge in [-0.25, -0.2) is 4.98 Å². The van der Waals surface area contributed by atoms with Crippen LogP contribution in [0.4, 0.5) is 5.13 Å². The van der Waals surface area contributed by atoms with E-state index in [4.69, 9.17) is 0 Å². The maximum atomic E-state index is 4.27. The van der Waals surface area contributed by atoms with Crippen LogP contribution in [0, 0.1) is 6.92 Å². The lowest BCUT2D eigenvalue weighted by Gasteiger charge is -1.95. The maximum absolute atomic E-state index is 4.27. The molecule has 0 aliphatic rings. The van der Waals surface area contributed by atoms with E-state index in [1.54, 1.807) is 6.21 Å². The number of hydrazone groups is 1. The number of rotatable bonds is 3. The van der Waals surface area contributed by atoms with Gasteiger partial charge in [0.05, 0.1) is 17.4 Å². The van der Waals surface area contributed by atoms with Crippen molar-refractivity contribution in [3.63, 3.8) is 0 Å². The van der Waals surface area contributed by atoms with E-state index < -0.39 is 0 Å². The molecule has 0 aliphatic heterocycles. The Morgan fingerprint density at radius 2 is 2.37 bits per heavy atom. The summed E-state index contributed by atoms with van der Waals surface area (Å²) in [6.45, 7) is 1.95. The second-order valence-electron chi connectivity index (χ2n) is 3.98. The first kappa shape index (κ1) is 12.3. The van der Waals surface area contributed by atoms with E-state index in [2.05, 4.69) is 41.6 Å². The molecule has 0 amide bonds. The van der Waals surface area contributed by atoms with Gasteiger partial charge in [0, 0.05) is 10.8 Å². The van der Waals surface area contributed by atoms with Crippen LogP contribution >= 0.6 is 27.3 Å². The number of hydrogen-bond acceptors (Lipinski definition) is 5. The number of thiazole rings is 1. The number of aromatic nitrogens is 3. The van der Waals surface area contributed by atoms with Crippen LogP contribution in [0.1, 0.15) is 11.3 Å². The third-order valence-corrected chi connectivity index (χ3v) is 3.99. The van der Waals surface area contributed by atoms with Crippen molar-refractivity contribution in [2.75, 3.05) is 5.43 Å². The van der Waals surface area contributed by atoms with Crippen molar-refractivity contribution in [2.24, 2.45) is 5.10 Å². The molecule has 96 valence electrons. The fourth-order valence-corrected chi connectivity index (χ4v) is 2.69. The van der Waals surface area contributed by atoms with Crippen LogP contribution in [-0.2, 0) is 0 Å². The number of benzene rings is 1.